The van der Waals surface area contributed by atoms with Gasteiger partial charge < -0.3 is 14.4 Å². The summed E-state index contributed by atoms with van der Waals surface area (Å²) in [7, 11) is 4.63. The van der Waals surface area contributed by atoms with Gasteiger partial charge in [0, 0.05) is 35.8 Å². The normalized spacial score (nSPS) is 18.9. The number of amides is 1. The van der Waals surface area contributed by atoms with Crippen LogP contribution in [0.15, 0.2) is 18.2 Å². The third-order valence-electron chi connectivity index (χ3n) is 3.42. The summed E-state index contributed by atoms with van der Waals surface area (Å²) in [6, 6.07) is 5.34. The number of methoxy groups -OCH3 is 2. The lowest BCUT2D eigenvalue weighted by molar-refractivity contribution is -0.128. The van der Waals surface area contributed by atoms with E-state index in [1.165, 1.54) is 19.1 Å². The van der Waals surface area contributed by atoms with E-state index in [4.69, 9.17) is 20.2 Å². The van der Waals surface area contributed by atoms with Crippen LogP contribution in [0.4, 0.5) is 0 Å². The number of carbonyl (C=O) groups excluding carboxylic acids is 1. The maximum Gasteiger partial charge on any atom is 0.237 e. The Kier molecular flexibility index (Phi) is 4.63. The van der Waals surface area contributed by atoms with E-state index in [2.05, 4.69) is 0 Å². The van der Waals surface area contributed by atoms with Gasteiger partial charge in [0.15, 0.2) is 11.5 Å². The summed E-state index contributed by atoms with van der Waals surface area (Å²) in [4.78, 5) is 13.4. The number of benzene rings is 1. The topological polar surface area (TPSA) is 72.9 Å². The van der Waals surface area contributed by atoms with Crippen LogP contribution in [0.1, 0.15) is 12.0 Å². The second-order valence-corrected chi connectivity index (χ2v) is 7.64. The summed E-state index contributed by atoms with van der Waals surface area (Å²) >= 11 is 0. The Bertz CT molecular complexity index is 646. The highest BCUT2D eigenvalue weighted by Gasteiger charge is 2.37. The van der Waals surface area contributed by atoms with Crippen molar-refractivity contribution in [2.45, 2.75) is 18.2 Å². The molecule has 2 rings (SSSR count). The molecule has 1 amide bonds. The zero-order valence-corrected chi connectivity index (χ0v) is 13.3. The molecule has 1 saturated heterocycles. The number of carbonyl (C=O) groups is 1. The van der Waals surface area contributed by atoms with Crippen molar-refractivity contribution in [2.75, 3.05) is 20.8 Å². The zero-order chi connectivity index (χ0) is 15.6. The molecule has 21 heavy (non-hydrogen) atoms. The molecule has 1 atom stereocenters. The van der Waals surface area contributed by atoms with Crippen molar-refractivity contribution in [3.8, 4) is 11.5 Å². The monoisotopic (exact) mass is 333 g/mol. The number of hydrogen-bond donors (Lipinski definition) is 0. The molecule has 0 bridgehead atoms. The molecule has 0 saturated carbocycles. The molecule has 0 spiro atoms. The van der Waals surface area contributed by atoms with Crippen molar-refractivity contribution in [1.82, 2.24) is 4.90 Å². The van der Waals surface area contributed by atoms with Crippen LogP contribution in [0.5, 0.6) is 11.5 Å². The van der Waals surface area contributed by atoms with E-state index in [-0.39, 0.29) is 25.4 Å². The number of ether oxygens (including phenoxy) is 2. The van der Waals surface area contributed by atoms with Crippen molar-refractivity contribution in [2.24, 2.45) is 0 Å². The lowest BCUT2D eigenvalue weighted by atomic mass is 10.1. The average Bonchev–Trinajstić information content (AvgIpc) is 2.80. The van der Waals surface area contributed by atoms with E-state index in [0.717, 1.165) is 5.56 Å². The minimum atomic E-state index is -3.74. The molecule has 0 radical (unpaired) electrons. The maximum absolute atomic E-state index is 11.9. The van der Waals surface area contributed by atoms with Gasteiger partial charge in [-0.25, -0.2) is 8.42 Å². The lowest BCUT2D eigenvalue weighted by Gasteiger charge is -2.19. The standard InChI is InChI=1S/C13H16ClNO5S/c1-19-11-5-3-4-9(13(11)20-2)7-15-8-10(6-12(15)16)21(14,17)18/h3-5,10H,6-8H2,1-2H3. The van der Waals surface area contributed by atoms with Crippen molar-refractivity contribution in [3.63, 3.8) is 0 Å². The third kappa shape index (κ3) is 3.41. The molecule has 0 aliphatic carbocycles. The van der Waals surface area contributed by atoms with Gasteiger partial charge in [0.05, 0.1) is 14.2 Å². The summed E-state index contributed by atoms with van der Waals surface area (Å²) in [6.07, 6.45) is -0.0852. The van der Waals surface area contributed by atoms with Crippen LogP contribution in [0, 0.1) is 0 Å². The van der Waals surface area contributed by atoms with Crippen molar-refractivity contribution < 1.29 is 22.7 Å². The molecule has 116 valence electrons. The number of hydrogen-bond acceptors (Lipinski definition) is 5. The first-order valence-corrected chi connectivity index (χ1v) is 8.65. The predicted octanol–water partition coefficient (Wildman–Crippen LogP) is 1.37. The minimum Gasteiger partial charge on any atom is -0.493 e. The van der Waals surface area contributed by atoms with E-state index in [9.17, 15) is 13.2 Å². The fourth-order valence-corrected chi connectivity index (χ4v) is 3.42. The van der Waals surface area contributed by atoms with Crippen LogP contribution in [-0.4, -0.2) is 45.2 Å². The van der Waals surface area contributed by atoms with Gasteiger partial charge in [-0.1, -0.05) is 12.1 Å². The molecular formula is C13H16ClNO5S. The van der Waals surface area contributed by atoms with Gasteiger partial charge in [0.2, 0.25) is 15.0 Å². The van der Waals surface area contributed by atoms with Gasteiger partial charge in [0.25, 0.3) is 0 Å². The molecule has 1 aromatic rings. The number of likely N-dealkylation sites (tertiary alicyclic amines) is 1. The first kappa shape index (κ1) is 15.9. The summed E-state index contributed by atoms with van der Waals surface area (Å²) in [5.41, 5.74) is 0.748. The molecular weight excluding hydrogens is 318 g/mol. The largest absolute Gasteiger partial charge is 0.493 e. The Morgan fingerprint density at radius 2 is 2.05 bits per heavy atom. The van der Waals surface area contributed by atoms with Crippen LogP contribution in [0.25, 0.3) is 0 Å². The maximum atomic E-state index is 11.9. The Hall–Kier alpha value is -1.47. The number of nitrogens with zero attached hydrogens (tertiary/aromatic N) is 1. The Morgan fingerprint density at radius 3 is 2.57 bits per heavy atom. The molecule has 1 fully saturated rings. The highest BCUT2D eigenvalue weighted by atomic mass is 35.7. The van der Waals surface area contributed by atoms with Gasteiger partial charge in [-0.2, -0.15) is 0 Å². The van der Waals surface area contributed by atoms with Crippen LogP contribution >= 0.6 is 10.7 Å². The number of rotatable bonds is 5. The molecule has 1 heterocycles. The second kappa shape index (κ2) is 6.11. The van der Waals surface area contributed by atoms with E-state index < -0.39 is 14.3 Å². The summed E-state index contributed by atoms with van der Waals surface area (Å²) in [6.45, 7) is 0.340. The molecule has 8 heteroatoms. The first-order valence-electron chi connectivity index (χ1n) is 6.28. The molecule has 0 aromatic heterocycles. The van der Waals surface area contributed by atoms with Gasteiger partial charge in [-0.3, -0.25) is 4.79 Å². The van der Waals surface area contributed by atoms with Crippen molar-refractivity contribution in [3.05, 3.63) is 23.8 Å². The third-order valence-corrected chi connectivity index (χ3v) is 5.29. The highest BCUT2D eigenvalue weighted by Crippen LogP contribution is 2.33. The zero-order valence-electron chi connectivity index (χ0n) is 11.7. The summed E-state index contributed by atoms with van der Waals surface area (Å²) in [5, 5.41) is -0.858. The Labute approximate surface area is 128 Å². The second-order valence-electron chi connectivity index (χ2n) is 4.73. The highest BCUT2D eigenvalue weighted by molar-refractivity contribution is 8.14. The smallest absolute Gasteiger partial charge is 0.237 e. The molecule has 6 nitrogen and oxygen atoms in total. The van der Waals surface area contributed by atoms with Crippen molar-refractivity contribution >= 4 is 25.6 Å². The van der Waals surface area contributed by atoms with Crippen LogP contribution in [0.2, 0.25) is 0 Å². The molecule has 1 aliphatic heterocycles. The minimum absolute atomic E-state index is 0.0852. The fraction of sp³-hybridized carbons (Fsp3) is 0.462. The summed E-state index contributed by atoms with van der Waals surface area (Å²) in [5.74, 6) is 0.849. The van der Waals surface area contributed by atoms with Gasteiger partial charge in [0.1, 0.15) is 5.25 Å². The van der Waals surface area contributed by atoms with E-state index in [1.807, 2.05) is 0 Å². The van der Waals surface area contributed by atoms with Crippen LogP contribution in [-0.2, 0) is 20.4 Å². The molecule has 1 aromatic carbocycles. The number of halogens is 1. The Balaban J connectivity index is 2.21. The van der Waals surface area contributed by atoms with E-state index in [1.54, 1.807) is 18.2 Å². The fourth-order valence-electron chi connectivity index (χ4n) is 2.36. The molecule has 1 unspecified atom stereocenters. The van der Waals surface area contributed by atoms with Crippen LogP contribution in [0.3, 0.4) is 0 Å². The Morgan fingerprint density at radius 1 is 1.33 bits per heavy atom. The van der Waals surface area contributed by atoms with E-state index >= 15 is 0 Å². The molecule has 1 aliphatic rings. The first-order chi connectivity index (χ1) is 9.86. The summed E-state index contributed by atoms with van der Waals surface area (Å²) < 4.78 is 33.2. The predicted molar refractivity (Wildman–Crippen MR) is 78.1 cm³/mol. The van der Waals surface area contributed by atoms with Crippen molar-refractivity contribution in [1.29, 1.82) is 0 Å². The van der Waals surface area contributed by atoms with Crippen LogP contribution < -0.4 is 9.47 Å². The van der Waals surface area contributed by atoms with E-state index in [0.29, 0.717) is 11.5 Å². The SMILES string of the molecule is COc1cccc(CN2CC(S(=O)(=O)Cl)CC2=O)c1OC. The number of para-hydroxylation sites is 1. The quantitative estimate of drug-likeness (QED) is 0.761. The molecule has 0 N–H and O–H groups in total. The average molecular weight is 334 g/mol. The van der Waals surface area contributed by atoms with Gasteiger partial charge in [-0.05, 0) is 6.07 Å². The van der Waals surface area contributed by atoms with Gasteiger partial charge in [-0.15, -0.1) is 0 Å². The lowest BCUT2D eigenvalue weighted by Crippen LogP contribution is -2.26. The van der Waals surface area contributed by atoms with Gasteiger partial charge >= 0.3 is 0 Å².